The third-order valence-electron chi connectivity index (χ3n) is 3.56. The summed E-state index contributed by atoms with van der Waals surface area (Å²) < 4.78 is 26.7. The van der Waals surface area contributed by atoms with E-state index in [0.29, 0.717) is 29.8 Å². The largest absolute Gasteiger partial charge is 0.298 e. The minimum absolute atomic E-state index is 0.117. The van der Waals surface area contributed by atoms with Crippen molar-refractivity contribution >= 4 is 26.0 Å². The fraction of sp³-hybridized carbons (Fsp3) is 0.667. The van der Waals surface area contributed by atoms with Crippen molar-refractivity contribution in [3.63, 3.8) is 0 Å². The molecule has 1 aliphatic rings. The third kappa shape index (κ3) is 3.48. The van der Waals surface area contributed by atoms with Crippen molar-refractivity contribution in [1.29, 1.82) is 0 Å². The van der Waals surface area contributed by atoms with Crippen LogP contribution in [0.4, 0.5) is 0 Å². The lowest BCUT2D eigenvalue weighted by Crippen LogP contribution is -2.41. The predicted molar refractivity (Wildman–Crippen MR) is 80.1 cm³/mol. The zero-order chi connectivity index (χ0) is 14.9. The molecule has 0 saturated carbocycles. The third-order valence-corrected chi connectivity index (χ3v) is 5.75. The number of sulfonamides is 1. The summed E-state index contributed by atoms with van der Waals surface area (Å²) in [6.45, 7) is 3.30. The molecular formula is C12H18BrN3O3S. The first-order valence-electron chi connectivity index (χ1n) is 6.45. The molecule has 1 atom stereocenters. The van der Waals surface area contributed by atoms with Crippen molar-refractivity contribution < 1.29 is 8.42 Å². The first kappa shape index (κ1) is 15.7. The quantitative estimate of drug-likeness (QED) is 0.802. The fourth-order valence-corrected chi connectivity index (χ4v) is 3.70. The SMILES string of the molecule is Cc1ncn(CC2CCCN(S(C)(=O)=O)C2)c(=O)c1Br. The smallest absolute Gasteiger partial charge is 0.267 e. The van der Waals surface area contributed by atoms with Crippen LogP contribution in [0.2, 0.25) is 0 Å². The first-order chi connectivity index (χ1) is 9.29. The summed E-state index contributed by atoms with van der Waals surface area (Å²) in [5.41, 5.74) is 0.543. The van der Waals surface area contributed by atoms with Gasteiger partial charge >= 0.3 is 0 Å². The van der Waals surface area contributed by atoms with Crippen molar-refractivity contribution in [2.24, 2.45) is 5.92 Å². The van der Waals surface area contributed by atoms with Gasteiger partial charge in [0, 0.05) is 19.6 Å². The minimum atomic E-state index is -3.16. The van der Waals surface area contributed by atoms with E-state index in [4.69, 9.17) is 0 Å². The molecule has 1 unspecified atom stereocenters. The van der Waals surface area contributed by atoms with Crippen LogP contribution in [0.1, 0.15) is 18.5 Å². The molecule has 1 aromatic rings. The van der Waals surface area contributed by atoms with Crippen molar-refractivity contribution in [2.75, 3.05) is 19.3 Å². The topological polar surface area (TPSA) is 72.3 Å². The van der Waals surface area contributed by atoms with Gasteiger partial charge in [-0.15, -0.1) is 0 Å². The second kappa shape index (κ2) is 5.95. The van der Waals surface area contributed by atoms with Crippen LogP contribution in [0.5, 0.6) is 0 Å². The average Bonchev–Trinajstić information content (AvgIpc) is 2.39. The van der Waals surface area contributed by atoms with Crippen molar-refractivity contribution in [1.82, 2.24) is 13.9 Å². The molecule has 1 saturated heterocycles. The Morgan fingerprint density at radius 2 is 2.20 bits per heavy atom. The summed E-state index contributed by atoms with van der Waals surface area (Å²) in [5, 5.41) is 0. The van der Waals surface area contributed by atoms with Gasteiger partial charge in [0.05, 0.1) is 18.3 Å². The monoisotopic (exact) mass is 363 g/mol. The van der Waals surface area contributed by atoms with Crippen LogP contribution in [0.3, 0.4) is 0 Å². The molecule has 0 N–H and O–H groups in total. The van der Waals surface area contributed by atoms with Crippen molar-refractivity contribution in [3.05, 3.63) is 26.8 Å². The minimum Gasteiger partial charge on any atom is -0.298 e. The lowest BCUT2D eigenvalue weighted by atomic mass is 10.00. The van der Waals surface area contributed by atoms with E-state index in [9.17, 15) is 13.2 Å². The zero-order valence-corrected chi connectivity index (χ0v) is 13.9. The molecule has 20 heavy (non-hydrogen) atoms. The lowest BCUT2D eigenvalue weighted by Gasteiger charge is -2.31. The molecule has 0 bridgehead atoms. The van der Waals surface area contributed by atoms with Gasteiger partial charge in [-0.25, -0.2) is 17.7 Å². The van der Waals surface area contributed by atoms with Gasteiger partial charge in [0.15, 0.2) is 0 Å². The number of hydrogen-bond donors (Lipinski definition) is 0. The van der Waals surface area contributed by atoms with E-state index >= 15 is 0 Å². The highest BCUT2D eigenvalue weighted by atomic mass is 79.9. The Balaban J connectivity index is 2.15. The summed E-state index contributed by atoms with van der Waals surface area (Å²) in [5.74, 6) is 0.146. The normalized spacial score (nSPS) is 21.1. The Morgan fingerprint density at radius 3 is 2.85 bits per heavy atom. The fourth-order valence-electron chi connectivity index (χ4n) is 2.43. The predicted octanol–water partition coefficient (Wildman–Crippen LogP) is 0.986. The van der Waals surface area contributed by atoms with Crippen LogP contribution in [0.15, 0.2) is 15.6 Å². The molecule has 0 amide bonds. The second-order valence-electron chi connectivity index (χ2n) is 5.23. The Labute approximate surface area is 127 Å². The van der Waals surface area contributed by atoms with Crippen LogP contribution in [0, 0.1) is 12.8 Å². The average molecular weight is 364 g/mol. The van der Waals surface area contributed by atoms with Gasteiger partial charge in [0.25, 0.3) is 5.56 Å². The maximum absolute atomic E-state index is 12.1. The number of hydrogen-bond acceptors (Lipinski definition) is 4. The van der Waals surface area contributed by atoms with E-state index < -0.39 is 10.0 Å². The number of aromatic nitrogens is 2. The van der Waals surface area contributed by atoms with Gasteiger partial charge in [0.2, 0.25) is 10.0 Å². The lowest BCUT2D eigenvalue weighted by molar-refractivity contribution is 0.244. The Bertz CT molecular complexity index is 656. The molecule has 8 heteroatoms. The molecule has 0 radical (unpaired) electrons. The molecule has 112 valence electrons. The highest BCUT2D eigenvalue weighted by Gasteiger charge is 2.26. The highest BCUT2D eigenvalue weighted by Crippen LogP contribution is 2.20. The summed E-state index contributed by atoms with van der Waals surface area (Å²) in [7, 11) is -3.16. The Kier molecular flexibility index (Phi) is 4.66. The molecular weight excluding hydrogens is 346 g/mol. The van der Waals surface area contributed by atoms with Crippen LogP contribution in [0.25, 0.3) is 0 Å². The summed E-state index contributed by atoms with van der Waals surface area (Å²) in [6, 6.07) is 0. The molecule has 1 fully saturated rings. The Hall–Kier alpha value is -0.730. The van der Waals surface area contributed by atoms with E-state index in [1.165, 1.54) is 16.9 Å². The van der Waals surface area contributed by atoms with Gasteiger partial charge in [0.1, 0.15) is 4.47 Å². The molecule has 0 aromatic carbocycles. The van der Waals surface area contributed by atoms with Crippen LogP contribution in [-0.2, 0) is 16.6 Å². The van der Waals surface area contributed by atoms with Crippen LogP contribution in [-0.4, -0.2) is 41.6 Å². The molecule has 0 spiro atoms. The maximum Gasteiger partial charge on any atom is 0.267 e. The van der Waals surface area contributed by atoms with E-state index in [2.05, 4.69) is 20.9 Å². The molecule has 1 aromatic heterocycles. The molecule has 0 aliphatic carbocycles. The van der Waals surface area contributed by atoms with Crippen molar-refractivity contribution in [2.45, 2.75) is 26.3 Å². The van der Waals surface area contributed by atoms with Gasteiger partial charge in [-0.05, 0) is 41.6 Å². The molecule has 1 aliphatic heterocycles. The summed E-state index contributed by atoms with van der Waals surface area (Å²) >= 11 is 3.24. The summed E-state index contributed by atoms with van der Waals surface area (Å²) in [6.07, 6.45) is 4.50. The number of halogens is 1. The van der Waals surface area contributed by atoms with Gasteiger partial charge in [-0.3, -0.25) is 9.36 Å². The maximum atomic E-state index is 12.1. The summed E-state index contributed by atoms with van der Waals surface area (Å²) in [4.78, 5) is 16.2. The van der Waals surface area contributed by atoms with E-state index in [-0.39, 0.29) is 11.5 Å². The van der Waals surface area contributed by atoms with Crippen LogP contribution >= 0.6 is 15.9 Å². The zero-order valence-electron chi connectivity index (χ0n) is 11.5. The van der Waals surface area contributed by atoms with Gasteiger partial charge < -0.3 is 0 Å². The van der Waals surface area contributed by atoms with Gasteiger partial charge in [-0.1, -0.05) is 0 Å². The number of piperidine rings is 1. The highest BCUT2D eigenvalue weighted by molar-refractivity contribution is 9.10. The molecule has 6 nitrogen and oxygen atoms in total. The molecule has 2 heterocycles. The van der Waals surface area contributed by atoms with Crippen molar-refractivity contribution in [3.8, 4) is 0 Å². The first-order valence-corrected chi connectivity index (χ1v) is 9.10. The Morgan fingerprint density at radius 1 is 1.50 bits per heavy atom. The van der Waals surface area contributed by atoms with E-state index in [1.54, 1.807) is 11.5 Å². The number of rotatable bonds is 3. The van der Waals surface area contributed by atoms with Crippen LogP contribution < -0.4 is 5.56 Å². The van der Waals surface area contributed by atoms with Gasteiger partial charge in [-0.2, -0.15) is 0 Å². The standard InChI is InChI=1S/C12H18BrN3O3S/c1-9-11(13)12(17)15(8-14-9)6-10-4-3-5-16(7-10)20(2,18)19/h8,10H,3-7H2,1-2H3. The number of aryl methyl sites for hydroxylation is 1. The van der Waals surface area contributed by atoms with E-state index in [0.717, 1.165) is 12.8 Å². The van der Waals surface area contributed by atoms with E-state index in [1.807, 2.05) is 0 Å². The number of nitrogens with zero attached hydrogens (tertiary/aromatic N) is 3. The molecule has 2 rings (SSSR count). The second-order valence-corrected chi connectivity index (χ2v) is 8.01.